The number of carbonyl (C=O) groups excluding carboxylic acids is 2. The van der Waals surface area contributed by atoms with Gasteiger partial charge in [-0.05, 0) is 42.0 Å². The van der Waals surface area contributed by atoms with Gasteiger partial charge in [0.2, 0.25) is 5.91 Å². The molecule has 3 aromatic rings. The van der Waals surface area contributed by atoms with E-state index in [0.717, 1.165) is 15.7 Å². The van der Waals surface area contributed by atoms with Crippen LogP contribution in [0.4, 0.5) is 11.4 Å². The number of hydrazone groups is 1. The second-order valence-electron chi connectivity index (χ2n) is 6.94. The number of para-hydroxylation sites is 1. The molecule has 2 aliphatic rings. The summed E-state index contributed by atoms with van der Waals surface area (Å²) >= 11 is 3.40. The number of carbonyl (C=O) groups is 2. The Bertz CT molecular complexity index is 1110. The zero-order valence-corrected chi connectivity index (χ0v) is 16.9. The van der Waals surface area contributed by atoms with Crippen LogP contribution in [0.15, 0.2) is 94.5 Å². The number of amides is 2. The molecule has 142 valence electrons. The Morgan fingerprint density at radius 3 is 2.00 bits per heavy atom. The van der Waals surface area contributed by atoms with Gasteiger partial charge in [0.25, 0.3) is 5.91 Å². The first-order chi connectivity index (χ1) is 14.1. The standard InChI is InChI=1S/C23H16BrN3O2/c24-16-11-13-17(14-12-16)26-22(28)19-20(15-7-3-1-4-8-15)25-27(21(19)23(26)29)18-9-5-2-6-10-18/h1-14,19,21H/t19-,21-/m1/s1. The van der Waals surface area contributed by atoms with Crippen LogP contribution in [0, 0.1) is 5.92 Å². The molecule has 1 fully saturated rings. The summed E-state index contributed by atoms with van der Waals surface area (Å²) in [6, 6.07) is 25.6. The monoisotopic (exact) mass is 445 g/mol. The number of halogens is 1. The second kappa shape index (κ2) is 6.97. The quantitative estimate of drug-likeness (QED) is 0.566. The van der Waals surface area contributed by atoms with E-state index in [1.54, 1.807) is 17.1 Å². The molecule has 2 heterocycles. The number of anilines is 2. The van der Waals surface area contributed by atoms with Crippen molar-refractivity contribution in [2.45, 2.75) is 6.04 Å². The van der Waals surface area contributed by atoms with Gasteiger partial charge in [-0.2, -0.15) is 5.10 Å². The Labute approximate surface area is 176 Å². The van der Waals surface area contributed by atoms with E-state index in [1.807, 2.05) is 72.8 Å². The molecule has 3 aromatic carbocycles. The highest BCUT2D eigenvalue weighted by Crippen LogP contribution is 2.39. The average molecular weight is 446 g/mol. The number of imide groups is 1. The molecule has 1 saturated heterocycles. The largest absolute Gasteiger partial charge is 0.273 e. The molecule has 5 nitrogen and oxygen atoms in total. The van der Waals surface area contributed by atoms with Crippen molar-refractivity contribution in [1.82, 2.24) is 0 Å². The lowest BCUT2D eigenvalue weighted by molar-refractivity contribution is -0.121. The third-order valence-corrected chi connectivity index (χ3v) is 5.75. The lowest BCUT2D eigenvalue weighted by atomic mass is 9.93. The molecular formula is C23H16BrN3O2. The van der Waals surface area contributed by atoms with Gasteiger partial charge in [0, 0.05) is 4.47 Å². The van der Waals surface area contributed by atoms with E-state index in [9.17, 15) is 9.59 Å². The van der Waals surface area contributed by atoms with Crippen molar-refractivity contribution in [2.75, 3.05) is 9.91 Å². The molecule has 2 aliphatic heterocycles. The van der Waals surface area contributed by atoms with Gasteiger partial charge in [0.1, 0.15) is 12.0 Å². The third-order valence-electron chi connectivity index (χ3n) is 5.22. The molecule has 0 unspecified atom stereocenters. The fourth-order valence-electron chi connectivity index (χ4n) is 3.90. The molecule has 0 N–H and O–H groups in total. The van der Waals surface area contributed by atoms with Crippen LogP contribution in [0.25, 0.3) is 0 Å². The van der Waals surface area contributed by atoms with Crippen molar-refractivity contribution in [3.05, 3.63) is 95.0 Å². The van der Waals surface area contributed by atoms with Crippen LogP contribution in [-0.4, -0.2) is 23.6 Å². The van der Waals surface area contributed by atoms with E-state index in [1.165, 1.54) is 4.90 Å². The molecule has 2 amide bonds. The van der Waals surface area contributed by atoms with Crippen LogP contribution >= 0.6 is 15.9 Å². The van der Waals surface area contributed by atoms with Crippen molar-refractivity contribution in [3.8, 4) is 0 Å². The van der Waals surface area contributed by atoms with Crippen LogP contribution in [0.3, 0.4) is 0 Å². The maximum absolute atomic E-state index is 13.4. The predicted molar refractivity (Wildman–Crippen MR) is 116 cm³/mol. The fourth-order valence-corrected chi connectivity index (χ4v) is 4.16. The van der Waals surface area contributed by atoms with E-state index in [2.05, 4.69) is 15.9 Å². The molecule has 0 aliphatic carbocycles. The van der Waals surface area contributed by atoms with Crippen LogP contribution in [0.2, 0.25) is 0 Å². The van der Waals surface area contributed by atoms with E-state index < -0.39 is 12.0 Å². The molecule has 0 saturated carbocycles. The zero-order chi connectivity index (χ0) is 20.0. The lowest BCUT2D eigenvalue weighted by Crippen LogP contribution is -2.39. The van der Waals surface area contributed by atoms with Gasteiger partial charge in [0.05, 0.1) is 17.1 Å². The molecule has 6 heteroatoms. The minimum absolute atomic E-state index is 0.247. The summed E-state index contributed by atoms with van der Waals surface area (Å²) in [6.45, 7) is 0. The molecule has 2 atom stereocenters. The van der Waals surface area contributed by atoms with Crippen molar-refractivity contribution in [1.29, 1.82) is 0 Å². The summed E-state index contributed by atoms with van der Waals surface area (Å²) in [4.78, 5) is 28.1. The normalized spacial score (nSPS) is 20.8. The van der Waals surface area contributed by atoms with E-state index in [-0.39, 0.29) is 11.8 Å². The number of hydrogen-bond acceptors (Lipinski definition) is 4. The van der Waals surface area contributed by atoms with Gasteiger partial charge in [0.15, 0.2) is 0 Å². The lowest BCUT2D eigenvalue weighted by Gasteiger charge is -2.22. The summed E-state index contributed by atoms with van der Waals surface area (Å²) in [5.74, 6) is -1.15. The first-order valence-corrected chi connectivity index (χ1v) is 10.1. The van der Waals surface area contributed by atoms with Gasteiger partial charge >= 0.3 is 0 Å². The van der Waals surface area contributed by atoms with Crippen molar-refractivity contribution in [2.24, 2.45) is 11.0 Å². The first-order valence-electron chi connectivity index (χ1n) is 9.27. The maximum Gasteiger partial charge on any atom is 0.259 e. The van der Waals surface area contributed by atoms with Crippen molar-refractivity contribution in [3.63, 3.8) is 0 Å². The highest BCUT2D eigenvalue weighted by Gasteiger charge is 2.57. The average Bonchev–Trinajstić information content (AvgIpc) is 3.27. The third kappa shape index (κ3) is 2.87. The van der Waals surface area contributed by atoms with Gasteiger partial charge in [-0.15, -0.1) is 0 Å². The number of benzene rings is 3. The summed E-state index contributed by atoms with van der Waals surface area (Å²) in [6.07, 6.45) is 0. The molecule has 5 rings (SSSR count). The van der Waals surface area contributed by atoms with E-state index >= 15 is 0 Å². The van der Waals surface area contributed by atoms with E-state index in [0.29, 0.717) is 11.4 Å². The van der Waals surface area contributed by atoms with Crippen LogP contribution in [0.5, 0.6) is 0 Å². The van der Waals surface area contributed by atoms with Crippen molar-refractivity contribution < 1.29 is 9.59 Å². The summed E-state index contributed by atoms with van der Waals surface area (Å²) in [5, 5.41) is 6.42. The minimum atomic E-state index is -0.691. The Balaban J connectivity index is 1.63. The zero-order valence-electron chi connectivity index (χ0n) is 15.3. The number of nitrogens with zero attached hydrogens (tertiary/aromatic N) is 3. The first kappa shape index (κ1) is 17.8. The van der Waals surface area contributed by atoms with Gasteiger partial charge in [-0.3, -0.25) is 14.6 Å². The number of hydrogen-bond donors (Lipinski definition) is 0. The molecule has 0 aromatic heterocycles. The predicted octanol–water partition coefficient (Wildman–Crippen LogP) is 4.23. The molecule has 0 radical (unpaired) electrons. The molecule has 0 bridgehead atoms. The summed E-state index contributed by atoms with van der Waals surface area (Å²) in [5.41, 5.74) is 2.82. The SMILES string of the molecule is O=C1[C@@H]2C(c3ccccc3)=NN(c3ccccc3)[C@H]2C(=O)N1c1ccc(Br)cc1. The Morgan fingerprint density at radius 2 is 1.34 bits per heavy atom. The highest BCUT2D eigenvalue weighted by atomic mass is 79.9. The Morgan fingerprint density at radius 1 is 0.724 bits per heavy atom. The summed E-state index contributed by atoms with van der Waals surface area (Å²) < 4.78 is 0.887. The van der Waals surface area contributed by atoms with Gasteiger partial charge in [-0.1, -0.05) is 64.5 Å². The maximum atomic E-state index is 13.4. The van der Waals surface area contributed by atoms with Crippen molar-refractivity contribution >= 4 is 44.8 Å². The molecule has 0 spiro atoms. The van der Waals surface area contributed by atoms with Crippen LogP contribution in [-0.2, 0) is 9.59 Å². The second-order valence-corrected chi connectivity index (χ2v) is 7.86. The Hall–Kier alpha value is -3.25. The summed E-state index contributed by atoms with van der Waals surface area (Å²) in [7, 11) is 0. The van der Waals surface area contributed by atoms with E-state index in [4.69, 9.17) is 5.10 Å². The molecular weight excluding hydrogens is 430 g/mol. The smallest absolute Gasteiger partial charge is 0.259 e. The van der Waals surface area contributed by atoms with Crippen LogP contribution in [0.1, 0.15) is 5.56 Å². The minimum Gasteiger partial charge on any atom is -0.273 e. The van der Waals surface area contributed by atoms with Gasteiger partial charge in [-0.25, -0.2) is 4.90 Å². The Kier molecular flexibility index (Phi) is 4.28. The van der Waals surface area contributed by atoms with Gasteiger partial charge < -0.3 is 0 Å². The topological polar surface area (TPSA) is 53.0 Å². The highest BCUT2D eigenvalue weighted by molar-refractivity contribution is 9.10. The number of fused-ring (bicyclic) bond motifs is 1. The fraction of sp³-hybridized carbons (Fsp3) is 0.0870. The van der Waals surface area contributed by atoms with Crippen LogP contribution < -0.4 is 9.91 Å². The molecule has 29 heavy (non-hydrogen) atoms. The number of rotatable bonds is 3.